The van der Waals surface area contributed by atoms with Crippen molar-refractivity contribution in [3.05, 3.63) is 36.5 Å². The van der Waals surface area contributed by atoms with Gasteiger partial charge in [-0.3, -0.25) is 9.36 Å². The topological polar surface area (TPSA) is 94.1 Å². The molecule has 0 saturated carbocycles. The van der Waals surface area contributed by atoms with Gasteiger partial charge in [0.25, 0.3) is 7.82 Å². The Kier molecular flexibility index (Phi) is 33.0. The number of hydrogen-bond donors (Lipinski definition) is 0. The highest BCUT2D eigenvalue weighted by Crippen LogP contribution is 2.38. The molecule has 0 aliphatic carbocycles. The number of carbonyl (C=O) groups excluding carboxylic acids is 1. The van der Waals surface area contributed by atoms with E-state index in [1.54, 1.807) is 0 Å². The zero-order valence-corrected chi connectivity index (χ0v) is 33.3. The third kappa shape index (κ3) is 37.8. The summed E-state index contributed by atoms with van der Waals surface area (Å²) < 4.78 is 34.4. The maximum atomic E-state index is 12.6. The van der Waals surface area contributed by atoms with Gasteiger partial charge in [-0.05, 0) is 64.2 Å². The van der Waals surface area contributed by atoms with Crippen LogP contribution < -0.4 is 4.89 Å². The highest BCUT2D eigenvalue weighted by Gasteiger charge is 2.20. The second kappa shape index (κ2) is 33.8. The van der Waals surface area contributed by atoms with E-state index in [2.05, 4.69) is 50.3 Å². The van der Waals surface area contributed by atoms with Crippen LogP contribution in [0.25, 0.3) is 0 Å². The molecule has 8 nitrogen and oxygen atoms in total. The van der Waals surface area contributed by atoms with Crippen LogP contribution in [0.3, 0.4) is 0 Å². The lowest BCUT2D eigenvalue weighted by atomic mass is 10.1. The van der Waals surface area contributed by atoms with Crippen LogP contribution in [0.1, 0.15) is 155 Å². The summed E-state index contributed by atoms with van der Waals surface area (Å²) in [7, 11) is 1.34. The molecule has 0 aromatic rings. The molecular formula is C40H76NO7P. The summed E-state index contributed by atoms with van der Waals surface area (Å²) in [6.45, 7) is 5.31. The summed E-state index contributed by atoms with van der Waals surface area (Å²) in [6.07, 6.45) is 37.2. The Bertz CT molecular complexity index is 884. The van der Waals surface area contributed by atoms with Crippen LogP contribution in [-0.2, 0) is 27.9 Å². The Morgan fingerprint density at radius 2 is 1.14 bits per heavy atom. The van der Waals surface area contributed by atoms with Crippen molar-refractivity contribution in [3.8, 4) is 0 Å². The van der Waals surface area contributed by atoms with Gasteiger partial charge in [-0.25, -0.2) is 0 Å². The molecule has 0 N–H and O–H groups in total. The lowest BCUT2D eigenvalue weighted by molar-refractivity contribution is -0.870. The van der Waals surface area contributed by atoms with Crippen LogP contribution in [0.2, 0.25) is 0 Å². The summed E-state index contributed by atoms with van der Waals surface area (Å²) in [6, 6.07) is 0. The molecule has 0 aromatic carbocycles. The van der Waals surface area contributed by atoms with Crippen molar-refractivity contribution >= 4 is 13.8 Å². The molecule has 0 aliphatic heterocycles. The molecule has 0 radical (unpaired) electrons. The van der Waals surface area contributed by atoms with Crippen molar-refractivity contribution in [2.75, 3.05) is 54.1 Å². The summed E-state index contributed by atoms with van der Waals surface area (Å²) >= 11 is 0. The fraction of sp³-hybridized carbons (Fsp3) is 0.825. The van der Waals surface area contributed by atoms with E-state index in [1.165, 1.54) is 77.0 Å². The molecule has 49 heavy (non-hydrogen) atoms. The van der Waals surface area contributed by atoms with Crippen molar-refractivity contribution in [3.63, 3.8) is 0 Å². The first kappa shape index (κ1) is 47.7. The molecule has 0 saturated heterocycles. The maximum Gasteiger partial charge on any atom is 0.306 e. The Labute approximate surface area is 302 Å². The standard InChI is InChI=1S/C40H76NO7P/c1-6-8-10-12-14-16-18-20-21-22-23-25-27-29-31-33-40(42)48-39(38-47-49(43,44)46-36-34-41(3,4)5)37-45-35-32-30-28-26-24-19-17-15-13-11-9-7-2/h13-16,20-21,39H,6-12,17-19,22-38H2,1-5H3/b15-13-,16-14-,21-20-. The summed E-state index contributed by atoms with van der Waals surface area (Å²) in [4.78, 5) is 24.9. The van der Waals surface area contributed by atoms with Crippen LogP contribution in [0.5, 0.6) is 0 Å². The predicted molar refractivity (Wildman–Crippen MR) is 203 cm³/mol. The number of phosphoric ester groups is 1. The number of phosphoric acid groups is 1. The Hall–Kier alpha value is -1.28. The monoisotopic (exact) mass is 714 g/mol. The average Bonchev–Trinajstić information content (AvgIpc) is 3.04. The van der Waals surface area contributed by atoms with Gasteiger partial charge < -0.3 is 27.9 Å². The van der Waals surface area contributed by atoms with Crippen LogP contribution in [0.4, 0.5) is 0 Å². The number of ether oxygens (including phenoxy) is 2. The molecular weight excluding hydrogens is 637 g/mol. The van der Waals surface area contributed by atoms with Crippen molar-refractivity contribution in [1.82, 2.24) is 0 Å². The number of nitrogens with zero attached hydrogens (tertiary/aromatic N) is 1. The number of esters is 1. The number of likely N-dealkylation sites (N-methyl/N-ethyl adjacent to an activating group) is 1. The lowest BCUT2D eigenvalue weighted by Crippen LogP contribution is -2.37. The molecule has 0 aromatic heterocycles. The van der Waals surface area contributed by atoms with Crippen LogP contribution in [0, 0.1) is 0 Å². The Balaban J connectivity index is 4.33. The normalized spacial score (nSPS) is 14.3. The average molecular weight is 714 g/mol. The predicted octanol–water partition coefficient (Wildman–Crippen LogP) is 10.4. The maximum absolute atomic E-state index is 12.6. The van der Waals surface area contributed by atoms with E-state index in [-0.39, 0.29) is 25.8 Å². The second-order valence-corrected chi connectivity index (χ2v) is 15.7. The molecule has 2 unspecified atom stereocenters. The van der Waals surface area contributed by atoms with Gasteiger partial charge in [0.05, 0.1) is 34.4 Å². The molecule has 0 fully saturated rings. The second-order valence-electron chi connectivity index (χ2n) is 14.3. The highest BCUT2D eigenvalue weighted by atomic mass is 31.2. The third-order valence-electron chi connectivity index (χ3n) is 8.16. The largest absolute Gasteiger partial charge is 0.756 e. The van der Waals surface area contributed by atoms with Gasteiger partial charge in [0.1, 0.15) is 19.3 Å². The van der Waals surface area contributed by atoms with Crippen molar-refractivity contribution in [1.29, 1.82) is 0 Å². The molecule has 0 amide bonds. The van der Waals surface area contributed by atoms with Crippen molar-refractivity contribution in [2.45, 2.75) is 161 Å². The molecule has 0 spiro atoms. The fourth-order valence-electron chi connectivity index (χ4n) is 5.03. The number of rotatable bonds is 36. The minimum absolute atomic E-state index is 0.0215. The SMILES string of the molecule is CCCC/C=C\CCCCCCCCOCC(COP(=O)([O-])OCC[N+](C)(C)C)OC(=O)CCCCCCC/C=C\C/C=C\CCCCC. The fourth-order valence-corrected chi connectivity index (χ4v) is 5.75. The number of allylic oxidation sites excluding steroid dienone is 6. The van der Waals surface area contributed by atoms with Gasteiger partial charge >= 0.3 is 5.97 Å². The van der Waals surface area contributed by atoms with Crippen LogP contribution >= 0.6 is 7.82 Å². The van der Waals surface area contributed by atoms with E-state index in [9.17, 15) is 14.3 Å². The molecule has 9 heteroatoms. The van der Waals surface area contributed by atoms with E-state index >= 15 is 0 Å². The quantitative estimate of drug-likeness (QED) is 0.0210. The van der Waals surface area contributed by atoms with Gasteiger partial charge in [0.2, 0.25) is 0 Å². The Morgan fingerprint density at radius 3 is 1.73 bits per heavy atom. The Morgan fingerprint density at radius 1 is 0.633 bits per heavy atom. The third-order valence-corrected chi connectivity index (χ3v) is 9.13. The summed E-state index contributed by atoms with van der Waals surface area (Å²) in [5.74, 6) is -0.352. The highest BCUT2D eigenvalue weighted by molar-refractivity contribution is 7.45. The zero-order chi connectivity index (χ0) is 36.3. The van der Waals surface area contributed by atoms with E-state index in [1.807, 2.05) is 21.1 Å². The molecule has 288 valence electrons. The van der Waals surface area contributed by atoms with Crippen molar-refractivity contribution in [2.24, 2.45) is 0 Å². The van der Waals surface area contributed by atoms with E-state index in [4.69, 9.17) is 18.5 Å². The number of unbranched alkanes of at least 4 members (excludes halogenated alkanes) is 16. The van der Waals surface area contributed by atoms with E-state index in [0.717, 1.165) is 57.8 Å². The summed E-state index contributed by atoms with van der Waals surface area (Å²) in [5.41, 5.74) is 0. The lowest BCUT2D eigenvalue weighted by Gasteiger charge is -2.28. The van der Waals surface area contributed by atoms with Gasteiger partial charge in [-0.15, -0.1) is 0 Å². The minimum atomic E-state index is -4.52. The zero-order valence-electron chi connectivity index (χ0n) is 32.4. The van der Waals surface area contributed by atoms with Gasteiger partial charge in [0.15, 0.2) is 0 Å². The van der Waals surface area contributed by atoms with E-state index < -0.39 is 13.9 Å². The molecule has 0 rings (SSSR count). The molecule has 0 aliphatic rings. The molecule has 0 bridgehead atoms. The molecule has 2 atom stereocenters. The van der Waals surface area contributed by atoms with Crippen LogP contribution in [0.15, 0.2) is 36.5 Å². The van der Waals surface area contributed by atoms with Gasteiger partial charge in [-0.1, -0.05) is 121 Å². The number of quaternary nitrogens is 1. The van der Waals surface area contributed by atoms with Gasteiger partial charge in [-0.2, -0.15) is 0 Å². The van der Waals surface area contributed by atoms with Gasteiger partial charge in [0, 0.05) is 13.0 Å². The van der Waals surface area contributed by atoms with E-state index in [0.29, 0.717) is 24.1 Å². The first-order valence-electron chi connectivity index (χ1n) is 19.7. The minimum Gasteiger partial charge on any atom is -0.756 e. The first-order chi connectivity index (χ1) is 23.6. The number of hydrogen-bond acceptors (Lipinski definition) is 7. The molecule has 0 heterocycles. The summed E-state index contributed by atoms with van der Waals surface area (Å²) in [5, 5.41) is 0. The van der Waals surface area contributed by atoms with Crippen molar-refractivity contribution < 1.29 is 37.3 Å². The van der Waals surface area contributed by atoms with Crippen LogP contribution in [-0.4, -0.2) is 70.7 Å². The smallest absolute Gasteiger partial charge is 0.306 e. The number of carbonyl (C=O) groups is 1. The first-order valence-corrected chi connectivity index (χ1v) is 21.2.